The van der Waals surface area contributed by atoms with Crippen molar-refractivity contribution in [1.82, 2.24) is 9.88 Å². The van der Waals surface area contributed by atoms with E-state index in [0.717, 1.165) is 42.2 Å². The van der Waals surface area contributed by atoms with Crippen LogP contribution in [0.1, 0.15) is 28.7 Å². The van der Waals surface area contributed by atoms with E-state index in [1.807, 2.05) is 37.3 Å². The summed E-state index contributed by atoms with van der Waals surface area (Å²) in [4.78, 5) is 18.3. The Morgan fingerprint density at radius 3 is 2.86 bits per heavy atom. The number of nitrogens with zero attached hydrogens (tertiary/aromatic N) is 2. The molecule has 0 bridgehead atoms. The highest BCUT2D eigenvalue weighted by Gasteiger charge is 2.33. The molecule has 1 aromatic heterocycles. The van der Waals surface area contributed by atoms with Crippen LogP contribution in [-0.2, 0) is 11.2 Å². The van der Waals surface area contributed by atoms with Gasteiger partial charge in [-0.3, -0.25) is 9.69 Å². The fraction of sp³-hybridized carbons (Fsp3) is 0.412. The van der Waals surface area contributed by atoms with Crippen LogP contribution >= 0.6 is 11.3 Å². The van der Waals surface area contributed by atoms with Gasteiger partial charge in [0.2, 0.25) is 0 Å². The number of benzene rings is 1. The minimum absolute atomic E-state index is 0.496. The van der Waals surface area contributed by atoms with Gasteiger partial charge in [-0.1, -0.05) is 30.3 Å². The highest BCUT2D eigenvalue weighted by molar-refractivity contribution is 7.09. The Morgan fingerprint density at radius 2 is 2.23 bits per heavy atom. The van der Waals surface area contributed by atoms with Crippen LogP contribution in [0.25, 0.3) is 0 Å². The number of carboxylic acids is 1. The van der Waals surface area contributed by atoms with E-state index in [0.29, 0.717) is 5.92 Å². The van der Waals surface area contributed by atoms with Crippen LogP contribution < -0.4 is 0 Å². The van der Waals surface area contributed by atoms with E-state index in [-0.39, 0.29) is 0 Å². The van der Waals surface area contributed by atoms with Crippen molar-refractivity contribution >= 4 is 17.3 Å². The van der Waals surface area contributed by atoms with Gasteiger partial charge in [0.25, 0.3) is 0 Å². The van der Waals surface area contributed by atoms with Crippen molar-refractivity contribution in [3.05, 3.63) is 52.0 Å². The Morgan fingerprint density at radius 1 is 1.45 bits per heavy atom. The maximum absolute atomic E-state index is 11.7. The summed E-state index contributed by atoms with van der Waals surface area (Å²) < 4.78 is 0. The third-order valence-electron chi connectivity index (χ3n) is 4.16. The summed E-state index contributed by atoms with van der Waals surface area (Å²) in [5, 5.41) is 12.9. The maximum atomic E-state index is 11.7. The van der Waals surface area contributed by atoms with Gasteiger partial charge < -0.3 is 5.11 Å². The number of rotatable bonds is 5. The van der Waals surface area contributed by atoms with Crippen LogP contribution in [-0.4, -0.2) is 34.0 Å². The number of aliphatic carboxylic acids is 1. The standard InChI is InChI=1S/C17H20N2O2S/c1-12-11-22-15(18-12)9-13-7-8-19(10-13)16(17(20)21)14-5-3-2-4-6-14/h2-6,11,13,16H,7-10H2,1H3,(H,20,21). The zero-order valence-corrected chi connectivity index (χ0v) is 13.4. The van der Waals surface area contributed by atoms with Crippen molar-refractivity contribution in [3.63, 3.8) is 0 Å². The number of hydrogen-bond acceptors (Lipinski definition) is 4. The van der Waals surface area contributed by atoms with Gasteiger partial charge in [-0.05, 0) is 31.4 Å². The average Bonchev–Trinajstić information content (AvgIpc) is 3.10. The van der Waals surface area contributed by atoms with Crippen molar-refractivity contribution in [2.24, 2.45) is 5.92 Å². The molecule has 4 nitrogen and oxygen atoms in total. The molecule has 0 saturated carbocycles. The molecule has 22 heavy (non-hydrogen) atoms. The van der Waals surface area contributed by atoms with Gasteiger partial charge in [-0.2, -0.15) is 0 Å². The van der Waals surface area contributed by atoms with Gasteiger partial charge in [0.05, 0.1) is 5.01 Å². The third-order valence-corrected chi connectivity index (χ3v) is 5.15. The van der Waals surface area contributed by atoms with E-state index in [1.165, 1.54) is 0 Å². The van der Waals surface area contributed by atoms with Gasteiger partial charge >= 0.3 is 5.97 Å². The predicted octanol–water partition coefficient (Wildman–Crippen LogP) is 3.14. The van der Waals surface area contributed by atoms with E-state index < -0.39 is 12.0 Å². The van der Waals surface area contributed by atoms with Gasteiger partial charge in [0.1, 0.15) is 6.04 Å². The number of likely N-dealkylation sites (tertiary alicyclic amines) is 1. The van der Waals surface area contributed by atoms with Crippen LogP contribution in [0.15, 0.2) is 35.7 Å². The number of carbonyl (C=O) groups is 1. The van der Waals surface area contributed by atoms with E-state index in [1.54, 1.807) is 11.3 Å². The number of thiazole rings is 1. The molecular weight excluding hydrogens is 296 g/mol. The van der Waals surface area contributed by atoms with E-state index >= 15 is 0 Å². The lowest BCUT2D eigenvalue weighted by Crippen LogP contribution is -2.32. The molecule has 2 unspecified atom stereocenters. The second kappa shape index (κ2) is 6.58. The fourth-order valence-corrected chi connectivity index (χ4v) is 4.04. The molecule has 5 heteroatoms. The molecule has 2 aromatic rings. The molecular formula is C17H20N2O2S. The maximum Gasteiger partial charge on any atom is 0.325 e. The molecule has 1 aliphatic heterocycles. The fourth-order valence-electron chi connectivity index (χ4n) is 3.15. The summed E-state index contributed by atoms with van der Waals surface area (Å²) in [5.41, 5.74) is 1.93. The Balaban J connectivity index is 1.68. The zero-order chi connectivity index (χ0) is 15.5. The average molecular weight is 316 g/mol. The molecule has 116 valence electrons. The van der Waals surface area contributed by atoms with Crippen molar-refractivity contribution in [2.45, 2.75) is 25.8 Å². The molecule has 0 amide bonds. The van der Waals surface area contributed by atoms with Gasteiger partial charge in [-0.25, -0.2) is 4.98 Å². The minimum atomic E-state index is -0.767. The molecule has 1 aliphatic rings. The predicted molar refractivity (Wildman–Crippen MR) is 87.1 cm³/mol. The van der Waals surface area contributed by atoms with Crippen LogP contribution in [0.5, 0.6) is 0 Å². The molecule has 1 fully saturated rings. The Labute approximate surface area is 134 Å². The molecule has 2 atom stereocenters. The summed E-state index contributed by atoms with van der Waals surface area (Å²) >= 11 is 1.70. The molecule has 0 radical (unpaired) electrons. The summed E-state index contributed by atoms with van der Waals surface area (Å²) in [7, 11) is 0. The van der Waals surface area contributed by atoms with Crippen LogP contribution in [0.3, 0.4) is 0 Å². The number of hydrogen-bond donors (Lipinski definition) is 1. The normalized spacial score (nSPS) is 20.1. The van der Waals surface area contributed by atoms with Gasteiger partial charge in [0.15, 0.2) is 0 Å². The minimum Gasteiger partial charge on any atom is -0.480 e. The van der Waals surface area contributed by atoms with E-state index in [9.17, 15) is 9.90 Å². The zero-order valence-electron chi connectivity index (χ0n) is 12.6. The molecule has 1 aromatic carbocycles. The summed E-state index contributed by atoms with van der Waals surface area (Å²) in [6.07, 6.45) is 1.99. The number of aromatic nitrogens is 1. The lowest BCUT2D eigenvalue weighted by atomic mass is 10.0. The molecule has 1 saturated heterocycles. The van der Waals surface area contributed by atoms with Gasteiger partial charge in [-0.15, -0.1) is 11.3 Å². The highest BCUT2D eigenvalue weighted by Crippen LogP contribution is 2.30. The van der Waals surface area contributed by atoms with Crippen LogP contribution in [0.2, 0.25) is 0 Å². The van der Waals surface area contributed by atoms with Crippen molar-refractivity contribution in [3.8, 4) is 0 Å². The third kappa shape index (κ3) is 3.36. The molecule has 2 heterocycles. The van der Waals surface area contributed by atoms with Crippen LogP contribution in [0, 0.1) is 12.8 Å². The van der Waals surface area contributed by atoms with E-state index in [4.69, 9.17) is 0 Å². The molecule has 3 rings (SSSR count). The summed E-state index contributed by atoms with van der Waals surface area (Å²) in [6, 6.07) is 8.98. The van der Waals surface area contributed by atoms with Crippen LogP contribution in [0.4, 0.5) is 0 Å². The summed E-state index contributed by atoms with van der Waals surface area (Å²) in [5.74, 6) is -0.270. The molecule has 0 aliphatic carbocycles. The monoisotopic (exact) mass is 316 g/mol. The lowest BCUT2D eigenvalue weighted by Gasteiger charge is -2.24. The lowest BCUT2D eigenvalue weighted by molar-refractivity contribution is -0.143. The molecule has 1 N–H and O–H groups in total. The SMILES string of the molecule is Cc1csc(CC2CCN(C(C(=O)O)c3ccccc3)C2)n1. The first-order chi connectivity index (χ1) is 10.6. The quantitative estimate of drug-likeness (QED) is 0.921. The first-order valence-corrected chi connectivity index (χ1v) is 8.44. The Kier molecular flexibility index (Phi) is 4.55. The first-order valence-electron chi connectivity index (χ1n) is 7.56. The summed E-state index contributed by atoms with van der Waals surface area (Å²) in [6.45, 7) is 3.67. The molecule has 0 spiro atoms. The van der Waals surface area contributed by atoms with Gasteiger partial charge in [0, 0.05) is 24.0 Å². The Bertz CT molecular complexity index is 641. The second-order valence-corrected chi connectivity index (χ2v) is 6.83. The largest absolute Gasteiger partial charge is 0.480 e. The highest BCUT2D eigenvalue weighted by atomic mass is 32.1. The van der Waals surface area contributed by atoms with E-state index in [2.05, 4.69) is 15.3 Å². The number of carboxylic acid groups (broad SMARTS) is 1. The number of aryl methyl sites for hydroxylation is 1. The van der Waals surface area contributed by atoms with Crippen molar-refractivity contribution < 1.29 is 9.90 Å². The van der Waals surface area contributed by atoms with Crippen molar-refractivity contribution in [2.75, 3.05) is 13.1 Å². The smallest absolute Gasteiger partial charge is 0.325 e. The van der Waals surface area contributed by atoms with Crippen molar-refractivity contribution in [1.29, 1.82) is 0 Å². The second-order valence-electron chi connectivity index (χ2n) is 5.89. The first kappa shape index (κ1) is 15.2. The topological polar surface area (TPSA) is 53.4 Å². The Hall–Kier alpha value is -1.72.